The third kappa shape index (κ3) is 4.43. The SMILES string of the molecule is CC1C=CC(c2cc(C(C)(C)C)cc(-n3c4ccccc4c4ccccc43)c2OC(C)(C)C)=CC1. The molecule has 2 heteroatoms. The standard InChI is InChI=1S/C33H37NO/c1-22-16-18-23(19-17-22)27-20-24(32(2,3)4)21-30(31(27)35-33(5,6)7)34-28-14-10-8-12-25(28)26-13-9-11-15-29(26)34/h8-16,18-22H,17H2,1-7H3. The summed E-state index contributed by atoms with van der Waals surface area (Å²) < 4.78 is 9.24. The highest BCUT2D eigenvalue weighted by atomic mass is 16.5. The van der Waals surface area contributed by atoms with Gasteiger partial charge in [-0.05, 0) is 73.9 Å². The zero-order valence-corrected chi connectivity index (χ0v) is 22.1. The molecule has 3 aromatic carbocycles. The highest BCUT2D eigenvalue weighted by Gasteiger charge is 2.27. The minimum atomic E-state index is -0.336. The van der Waals surface area contributed by atoms with Crippen molar-refractivity contribution in [2.45, 2.75) is 65.9 Å². The first kappa shape index (κ1) is 23.5. The van der Waals surface area contributed by atoms with E-state index in [4.69, 9.17) is 4.74 Å². The molecule has 0 fully saturated rings. The van der Waals surface area contributed by atoms with E-state index in [2.05, 4.69) is 132 Å². The molecule has 1 atom stereocenters. The Morgan fingerprint density at radius 3 is 1.94 bits per heavy atom. The van der Waals surface area contributed by atoms with Crippen LogP contribution >= 0.6 is 0 Å². The third-order valence-corrected chi connectivity index (χ3v) is 6.79. The topological polar surface area (TPSA) is 14.2 Å². The fourth-order valence-corrected chi connectivity index (χ4v) is 4.95. The van der Waals surface area contributed by atoms with Crippen molar-refractivity contribution in [1.29, 1.82) is 0 Å². The largest absolute Gasteiger partial charge is 0.485 e. The monoisotopic (exact) mass is 463 g/mol. The van der Waals surface area contributed by atoms with Crippen LogP contribution in [0.3, 0.4) is 0 Å². The molecule has 1 heterocycles. The minimum absolute atomic E-state index is 0.00520. The molecule has 0 N–H and O–H groups in total. The average molecular weight is 464 g/mol. The maximum atomic E-state index is 6.84. The molecule has 0 spiro atoms. The molecule has 0 saturated heterocycles. The summed E-state index contributed by atoms with van der Waals surface area (Å²) >= 11 is 0. The van der Waals surface area contributed by atoms with Gasteiger partial charge in [-0.1, -0.05) is 82.3 Å². The molecule has 5 rings (SSSR count). The van der Waals surface area contributed by atoms with Crippen LogP contribution in [0.25, 0.3) is 33.1 Å². The summed E-state index contributed by atoms with van der Waals surface area (Å²) in [5.74, 6) is 1.51. The number of hydrogen-bond donors (Lipinski definition) is 0. The lowest BCUT2D eigenvalue weighted by molar-refractivity contribution is 0.130. The second-order valence-corrected chi connectivity index (χ2v) is 11.9. The number of benzene rings is 3. The van der Waals surface area contributed by atoms with Crippen LogP contribution in [0.5, 0.6) is 5.75 Å². The van der Waals surface area contributed by atoms with Crippen LogP contribution in [0.15, 0.2) is 78.9 Å². The van der Waals surface area contributed by atoms with Gasteiger partial charge in [-0.3, -0.25) is 0 Å². The van der Waals surface area contributed by atoms with E-state index in [1.807, 2.05) is 0 Å². The van der Waals surface area contributed by atoms with Crippen molar-refractivity contribution >= 4 is 27.4 Å². The molecule has 0 saturated carbocycles. The smallest absolute Gasteiger partial charge is 0.151 e. The molecular weight excluding hydrogens is 426 g/mol. The van der Waals surface area contributed by atoms with Gasteiger partial charge < -0.3 is 9.30 Å². The van der Waals surface area contributed by atoms with Crippen LogP contribution in [0.1, 0.15) is 66.0 Å². The van der Waals surface area contributed by atoms with E-state index in [0.717, 1.165) is 17.9 Å². The van der Waals surface area contributed by atoms with Crippen molar-refractivity contribution in [2.75, 3.05) is 0 Å². The molecule has 1 aromatic heterocycles. The number of ether oxygens (including phenoxy) is 1. The number of nitrogens with zero attached hydrogens (tertiary/aromatic N) is 1. The Kier molecular flexibility index (Phi) is 5.67. The summed E-state index contributed by atoms with van der Waals surface area (Å²) in [5, 5.41) is 2.52. The van der Waals surface area contributed by atoms with E-state index < -0.39 is 0 Å². The summed E-state index contributed by atoms with van der Waals surface area (Å²) in [7, 11) is 0. The summed E-state index contributed by atoms with van der Waals surface area (Å²) in [6, 6.07) is 22.1. The molecule has 180 valence electrons. The molecule has 1 aliphatic carbocycles. The zero-order valence-electron chi connectivity index (χ0n) is 22.1. The lowest BCUT2D eigenvalue weighted by Gasteiger charge is -2.30. The number of fused-ring (bicyclic) bond motifs is 3. The fraction of sp³-hybridized carbons (Fsp3) is 0.333. The Labute approximate surface area is 209 Å². The molecule has 0 aliphatic heterocycles. The maximum absolute atomic E-state index is 6.84. The van der Waals surface area contributed by atoms with Gasteiger partial charge in [0.25, 0.3) is 0 Å². The molecular formula is C33H37NO. The van der Waals surface area contributed by atoms with Gasteiger partial charge in [0.15, 0.2) is 5.75 Å². The molecule has 0 radical (unpaired) electrons. The van der Waals surface area contributed by atoms with Crippen LogP contribution in [0.2, 0.25) is 0 Å². The lowest BCUT2D eigenvalue weighted by Crippen LogP contribution is -2.25. The van der Waals surface area contributed by atoms with Crippen LogP contribution in [-0.4, -0.2) is 10.2 Å². The van der Waals surface area contributed by atoms with Gasteiger partial charge in [0.2, 0.25) is 0 Å². The van der Waals surface area contributed by atoms with E-state index in [-0.39, 0.29) is 11.0 Å². The number of rotatable bonds is 3. The predicted molar refractivity (Wildman–Crippen MR) is 151 cm³/mol. The Hall–Kier alpha value is -3.26. The van der Waals surface area contributed by atoms with Crippen LogP contribution < -0.4 is 4.74 Å². The second kappa shape index (κ2) is 8.45. The highest BCUT2D eigenvalue weighted by Crippen LogP contribution is 2.43. The number of para-hydroxylation sites is 2. The second-order valence-electron chi connectivity index (χ2n) is 11.9. The number of allylic oxidation sites excluding steroid dienone is 4. The van der Waals surface area contributed by atoms with E-state index in [1.165, 1.54) is 38.5 Å². The normalized spacial score (nSPS) is 16.7. The Balaban J connectivity index is 1.92. The summed E-state index contributed by atoms with van der Waals surface area (Å²) in [6.45, 7) is 15.6. The predicted octanol–water partition coefficient (Wildman–Crippen LogP) is 9.24. The van der Waals surface area contributed by atoms with Gasteiger partial charge >= 0.3 is 0 Å². The highest BCUT2D eigenvalue weighted by molar-refractivity contribution is 6.09. The molecule has 0 amide bonds. The maximum Gasteiger partial charge on any atom is 0.151 e. The molecule has 2 nitrogen and oxygen atoms in total. The van der Waals surface area contributed by atoms with Gasteiger partial charge in [-0.25, -0.2) is 0 Å². The van der Waals surface area contributed by atoms with Crippen molar-refractivity contribution in [3.8, 4) is 11.4 Å². The van der Waals surface area contributed by atoms with Crippen LogP contribution in [0.4, 0.5) is 0 Å². The van der Waals surface area contributed by atoms with E-state index in [0.29, 0.717) is 5.92 Å². The average Bonchev–Trinajstić information content (AvgIpc) is 3.13. The summed E-state index contributed by atoms with van der Waals surface area (Å²) in [6.07, 6.45) is 8.02. The van der Waals surface area contributed by atoms with Crippen molar-refractivity contribution in [3.63, 3.8) is 0 Å². The van der Waals surface area contributed by atoms with Gasteiger partial charge in [0.05, 0.1) is 16.7 Å². The summed E-state index contributed by atoms with van der Waals surface area (Å²) in [4.78, 5) is 0. The van der Waals surface area contributed by atoms with Crippen LogP contribution in [-0.2, 0) is 5.41 Å². The summed E-state index contributed by atoms with van der Waals surface area (Å²) in [5.41, 5.74) is 6.89. The molecule has 4 aromatic rings. The van der Waals surface area contributed by atoms with Crippen molar-refractivity contribution < 1.29 is 4.74 Å². The van der Waals surface area contributed by atoms with Crippen molar-refractivity contribution in [2.24, 2.45) is 5.92 Å². The van der Waals surface area contributed by atoms with Crippen molar-refractivity contribution in [1.82, 2.24) is 4.57 Å². The molecule has 1 aliphatic rings. The Morgan fingerprint density at radius 2 is 1.43 bits per heavy atom. The lowest BCUT2D eigenvalue weighted by atomic mass is 9.83. The van der Waals surface area contributed by atoms with Crippen LogP contribution in [0, 0.1) is 5.92 Å². The minimum Gasteiger partial charge on any atom is -0.485 e. The first-order valence-corrected chi connectivity index (χ1v) is 12.8. The Bertz CT molecular complexity index is 1410. The van der Waals surface area contributed by atoms with Gasteiger partial charge in [0, 0.05) is 16.3 Å². The fourth-order valence-electron chi connectivity index (χ4n) is 4.95. The molecule has 35 heavy (non-hydrogen) atoms. The van der Waals surface area contributed by atoms with Gasteiger partial charge in [0.1, 0.15) is 5.60 Å². The van der Waals surface area contributed by atoms with E-state index in [1.54, 1.807) is 0 Å². The number of hydrogen-bond acceptors (Lipinski definition) is 1. The van der Waals surface area contributed by atoms with Gasteiger partial charge in [-0.2, -0.15) is 0 Å². The molecule has 0 bridgehead atoms. The first-order chi connectivity index (χ1) is 16.5. The Morgan fingerprint density at radius 1 is 0.829 bits per heavy atom. The number of aromatic nitrogens is 1. The first-order valence-electron chi connectivity index (χ1n) is 12.8. The van der Waals surface area contributed by atoms with E-state index in [9.17, 15) is 0 Å². The quantitative estimate of drug-likeness (QED) is 0.295. The zero-order chi connectivity index (χ0) is 25.0. The third-order valence-electron chi connectivity index (χ3n) is 6.79. The van der Waals surface area contributed by atoms with E-state index >= 15 is 0 Å². The molecule has 1 unspecified atom stereocenters. The van der Waals surface area contributed by atoms with Crippen molar-refractivity contribution in [3.05, 3.63) is 90.0 Å². The van der Waals surface area contributed by atoms with Gasteiger partial charge in [-0.15, -0.1) is 0 Å².